The van der Waals surface area contributed by atoms with Gasteiger partial charge in [0, 0.05) is 34.4 Å². The number of carbonyl (C=O) groups excluding carboxylic acids is 5. The summed E-state index contributed by atoms with van der Waals surface area (Å²) < 4.78 is 164. The minimum Gasteiger partial charge on any atom is -0.478 e. The number of aromatic nitrogens is 10. The highest BCUT2D eigenvalue weighted by atomic mass is 35.5. The van der Waals surface area contributed by atoms with Crippen LogP contribution in [-0.2, 0) is 112 Å². The number of hydrogen-bond acceptors (Lipinski definition) is 38. The predicted octanol–water partition coefficient (Wildman–Crippen LogP) is 9.40. The fraction of sp³-hybridized carbons (Fsp3) is 0.516. The standard InChI is InChI=1S/2C19H30N5O10P.C14H9ClF3NO2.C8H10FN3O3S.C4H4O4/c2*1-12(2)33-18(25)28-9-31-35(27,32-10-29-19(26)34-13(3)4)11-30-14(5)6-24-8-23-15-16(20)21-7-22-17(15)24;15-9-3-4-11-10(7-9)13(14(16,17)18,21-12(20)19-11)6-5-8-1-2-8;9-4-1-12(8(14)11-7(4)10)5-3-16-6(2-13)15-5;5-3(6)1-2-4(7)8/h2*7-8,12-14H,6,9-11H2,1-5H3,(H2,20,21,22);3-4,7-8H,1-2H2,(H,19,20);1,5-6,13H,2-3H2,(H2,10,11,14);1-2H,(H,5,6)(H,7,8)/b;;;;2-1+/t2*14-;13-;5-,6+;/m1100./s1. The molecule has 0 unspecified atom stereocenters. The van der Waals surface area contributed by atoms with Crippen LogP contribution in [0.15, 0.2) is 66.7 Å². The number of nitrogens with two attached hydrogens (primary N) is 3. The number of benzene rings is 1. The van der Waals surface area contributed by atoms with Crippen LogP contribution in [0.3, 0.4) is 0 Å². The number of carboxylic acids is 2. The van der Waals surface area contributed by atoms with E-state index in [2.05, 4.69) is 56.8 Å². The van der Waals surface area contributed by atoms with Crippen molar-refractivity contribution in [2.75, 3.05) is 74.7 Å². The number of fused-ring (bicyclic) bond motifs is 3. The molecule has 43 nitrogen and oxygen atoms in total. The number of aliphatic carboxylic acids is 2. The molecule has 115 heavy (non-hydrogen) atoms. The first-order chi connectivity index (χ1) is 54.0. The van der Waals surface area contributed by atoms with E-state index in [1.807, 2.05) is 0 Å². The number of cyclic esters (lactones) is 1. The Bertz CT molecular complexity index is 4310. The highest BCUT2D eigenvalue weighted by Crippen LogP contribution is 2.51. The third-order valence-corrected chi connectivity index (χ3v) is 17.9. The first kappa shape index (κ1) is 95.3. The summed E-state index contributed by atoms with van der Waals surface area (Å²) in [6.07, 6.45) is -5.34. The van der Waals surface area contributed by atoms with Gasteiger partial charge in [0.2, 0.25) is 27.2 Å². The van der Waals surface area contributed by atoms with Crippen molar-refractivity contribution < 1.29 is 151 Å². The van der Waals surface area contributed by atoms with Crippen molar-refractivity contribution >= 4 is 127 Å². The van der Waals surface area contributed by atoms with Crippen molar-refractivity contribution in [1.82, 2.24) is 48.6 Å². The van der Waals surface area contributed by atoms with Gasteiger partial charge in [-0.1, -0.05) is 17.5 Å². The number of aliphatic hydroxyl groups is 1. The summed E-state index contributed by atoms with van der Waals surface area (Å²) in [6, 6.07) is 3.81. The molecule has 7 heterocycles. The van der Waals surface area contributed by atoms with Crippen LogP contribution in [0.4, 0.5) is 64.7 Å². The van der Waals surface area contributed by atoms with Crippen molar-refractivity contribution in [3.8, 4) is 11.8 Å². The molecule has 0 radical (unpaired) electrons. The number of ether oxygens (including phenoxy) is 12. The molecule has 5 aromatic heterocycles. The van der Waals surface area contributed by atoms with Gasteiger partial charge in [0.15, 0.2) is 34.6 Å². The van der Waals surface area contributed by atoms with Crippen LogP contribution in [-0.4, -0.2) is 207 Å². The number of nitrogens with one attached hydrogen (secondary N) is 1. The second kappa shape index (κ2) is 45.1. The molecule has 10 N–H and O–H groups in total. The molecule has 3 aliphatic rings. The molecule has 51 heteroatoms. The minimum atomic E-state index is -4.87. The van der Waals surface area contributed by atoms with Gasteiger partial charge < -0.3 is 98.5 Å². The van der Waals surface area contributed by atoms with E-state index in [0.29, 0.717) is 40.2 Å². The summed E-state index contributed by atoms with van der Waals surface area (Å²) in [4.78, 5) is 116. The Morgan fingerprint density at radius 2 is 1.11 bits per heavy atom. The normalized spacial score (nSPS) is 16.3. The molecule has 634 valence electrons. The van der Waals surface area contributed by atoms with Crippen LogP contribution >= 0.6 is 38.6 Å². The molecule has 6 aromatic rings. The number of imidazole rings is 2. The molecule has 2 fully saturated rings. The number of nitrogens with zero attached hydrogens (tertiary/aromatic N) is 10. The molecule has 1 saturated carbocycles. The summed E-state index contributed by atoms with van der Waals surface area (Å²) in [5, 5.41) is 26.8. The number of alkyl halides is 3. The van der Waals surface area contributed by atoms with E-state index in [1.54, 1.807) is 78.4 Å². The Kier molecular flexibility index (Phi) is 37.4. The van der Waals surface area contributed by atoms with Gasteiger partial charge >= 0.3 is 69.7 Å². The zero-order chi connectivity index (χ0) is 85.5. The Balaban J connectivity index is 0.000000274. The van der Waals surface area contributed by atoms with Crippen LogP contribution in [0.2, 0.25) is 5.02 Å². The average molecular weight is 1720 g/mol. The highest BCUT2D eigenvalue weighted by molar-refractivity contribution is 8.00. The van der Waals surface area contributed by atoms with Crippen LogP contribution in [0.1, 0.15) is 93.9 Å². The first-order valence-corrected chi connectivity index (χ1v) is 38.5. The van der Waals surface area contributed by atoms with Gasteiger partial charge in [-0.15, -0.1) is 11.8 Å². The van der Waals surface area contributed by atoms with Crippen LogP contribution < -0.4 is 28.2 Å². The lowest BCUT2D eigenvalue weighted by atomic mass is 9.90. The van der Waals surface area contributed by atoms with E-state index in [1.165, 1.54) is 49.2 Å². The fourth-order valence-corrected chi connectivity index (χ4v) is 11.7. The molecule has 1 amide bonds. The molecule has 1 aliphatic carbocycles. The lowest BCUT2D eigenvalue weighted by Crippen LogP contribution is -2.49. The van der Waals surface area contributed by atoms with Crippen LogP contribution in [0.25, 0.3) is 22.3 Å². The van der Waals surface area contributed by atoms with Gasteiger partial charge in [-0.2, -0.15) is 18.2 Å². The van der Waals surface area contributed by atoms with Crippen molar-refractivity contribution in [1.29, 1.82) is 0 Å². The van der Waals surface area contributed by atoms with E-state index in [9.17, 15) is 65.0 Å². The number of thioether (sulfide) groups is 1. The molecule has 9 rings (SSSR count). The maximum Gasteiger partial charge on any atom is 0.510 e. The van der Waals surface area contributed by atoms with E-state index >= 15 is 0 Å². The van der Waals surface area contributed by atoms with Gasteiger partial charge in [-0.3, -0.25) is 37.1 Å². The Labute approximate surface area is 659 Å². The molecule has 2 aliphatic heterocycles. The highest BCUT2D eigenvalue weighted by Gasteiger charge is 2.62. The number of nitrogen functional groups attached to an aromatic ring is 3. The number of rotatable bonds is 30. The molecule has 1 saturated heterocycles. The van der Waals surface area contributed by atoms with Crippen LogP contribution in [0.5, 0.6) is 0 Å². The number of halogens is 5. The smallest absolute Gasteiger partial charge is 0.478 e. The van der Waals surface area contributed by atoms with Crippen molar-refractivity contribution in [3.63, 3.8) is 0 Å². The second-order valence-corrected chi connectivity index (χ2v) is 30.1. The second-order valence-electron chi connectivity index (χ2n) is 24.5. The molecular weight excluding hydrogens is 1630 g/mol. The summed E-state index contributed by atoms with van der Waals surface area (Å²) in [6.45, 7) is 13.8. The van der Waals surface area contributed by atoms with Gasteiger partial charge in [-0.25, -0.2) is 72.7 Å². The molecule has 0 spiro atoms. The molecular formula is C64H83ClF4N14O29P2S. The molecule has 1 aromatic carbocycles. The maximum absolute atomic E-state index is 13.6. The molecule has 5 atom stereocenters. The third-order valence-electron chi connectivity index (χ3n) is 13.6. The third kappa shape index (κ3) is 32.5. The van der Waals surface area contributed by atoms with E-state index < -0.39 is 175 Å². The largest absolute Gasteiger partial charge is 0.510 e. The zero-order valence-electron chi connectivity index (χ0n) is 62.8. The van der Waals surface area contributed by atoms with Gasteiger partial charge in [0.25, 0.3) is 5.60 Å². The van der Waals surface area contributed by atoms with E-state index in [4.69, 9.17) is 114 Å². The Hall–Kier alpha value is -10.3. The molecule has 0 bridgehead atoms. The minimum absolute atomic E-state index is 0.00179. The fourth-order valence-electron chi connectivity index (χ4n) is 8.45. The Morgan fingerprint density at radius 3 is 1.49 bits per heavy atom. The van der Waals surface area contributed by atoms with Gasteiger partial charge in [-0.05, 0) is 106 Å². The van der Waals surface area contributed by atoms with Gasteiger partial charge in [0.1, 0.15) is 48.0 Å². The number of anilines is 4. The number of hydrogen-bond donors (Lipinski definition) is 7. The lowest BCUT2D eigenvalue weighted by Gasteiger charge is -2.35. The summed E-state index contributed by atoms with van der Waals surface area (Å²) >= 11 is 7.13. The quantitative estimate of drug-likeness (QED) is 0.00419. The zero-order valence-corrected chi connectivity index (χ0v) is 66.2. The van der Waals surface area contributed by atoms with Crippen LogP contribution in [0, 0.1) is 23.6 Å². The number of carboxylic acid groups (broad SMARTS) is 2. The van der Waals surface area contributed by atoms with Crippen molar-refractivity contribution in [3.05, 3.63) is 88.7 Å². The summed E-state index contributed by atoms with van der Waals surface area (Å²) in [5.74, 6) is 1.83. The summed E-state index contributed by atoms with van der Waals surface area (Å²) in [7, 11) is -8.12. The van der Waals surface area contributed by atoms with Crippen molar-refractivity contribution in [2.45, 2.75) is 155 Å². The summed E-state index contributed by atoms with van der Waals surface area (Å²) in [5.41, 5.74) is 14.3. The van der Waals surface area contributed by atoms with Crippen molar-refractivity contribution in [2.24, 2.45) is 5.92 Å². The predicted molar refractivity (Wildman–Crippen MR) is 391 cm³/mol. The Morgan fingerprint density at radius 1 is 0.687 bits per heavy atom. The average Bonchev–Trinajstić information content (AvgIpc) is 1.51. The topological polar surface area (TPSA) is 574 Å². The number of carbonyl (C=O) groups is 7. The lowest BCUT2D eigenvalue weighted by molar-refractivity contribution is -0.239. The number of aliphatic hydroxyl groups excluding tert-OH is 1. The number of amides is 1. The monoisotopic (exact) mass is 1720 g/mol. The van der Waals surface area contributed by atoms with E-state index in [-0.39, 0.29) is 53.5 Å². The first-order valence-electron chi connectivity index (χ1n) is 33.6. The van der Waals surface area contributed by atoms with Gasteiger partial charge in [0.05, 0.1) is 80.9 Å². The maximum atomic E-state index is 13.6. The SMILES string of the molecule is CC(C)OC(=O)OCOP(=O)(CO[C@H](C)Cn1cnc2c(N)ncnc21)OCOC(=O)OC(C)C.CC(C)OC(=O)OCOP(=O)(CO[C@H](C)Cn1cnc2c(N)ncnc21)OCOC(=O)OC(C)C.Nc1nc(=O)n([C@@H]2CS[C@H](CO)O2)cc1F.O=C(O)/C=C/C(=O)O.O=C1Nc2ccc(Cl)cc2[C@@](C#CC2CC2)(C(F)(F)F)O1. The van der Waals surface area contributed by atoms with E-state index in [0.717, 1.165) is 29.7 Å².